The smallest absolute Gasteiger partial charge is 0.288 e. The number of nitrogens with zero attached hydrogens (tertiary/aromatic N) is 1. The summed E-state index contributed by atoms with van der Waals surface area (Å²) >= 11 is 11.6. The van der Waals surface area contributed by atoms with Crippen LogP contribution in [-0.4, -0.2) is 29.4 Å². The van der Waals surface area contributed by atoms with Gasteiger partial charge < -0.3 is 9.47 Å². The number of hydrazine groups is 1. The number of halogens is 2. The number of hydrogen-bond donors (Lipinski definition) is 2. The second-order valence-corrected chi connectivity index (χ2v) is 6.46. The number of rotatable bonds is 7. The molecule has 9 nitrogen and oxygen atoms in total. The molecule has 0 radical (unpaired) electrons. The number of carbonyl (C=O) groups is 2. The van der Waals surface area contributed by atoms with Gasteiger partial charge in [-0.3, -0.25) is 30.6 Å². The van der Waals surface area contributed by atoms with Crippen molar-refractivity contribution in [2.75, 3.05) is 6.61 Å². The molecular formula is C18H17Cl2N3O6. The van der Waals surface area contributed by atoms with Gasteiger partial charge in [0.1, 0.15) is 16.5 Å². The molecule has 0 heterocycles. The Labute approximate surface area is 176 Å². The Morgan fingerprint density at radius 1 is 1.10 bits per heavy atom. The zero-order chi connectivity index (χ0) is 21.6. The van der Waals surface area contributed by atoms with Crippen molar-refractivity contribution in [3.63, 3.8) is 0 Å². The predicted molar refractivity (Wildman–Crippen MR) is 106 cm³/mol. The van der Waals surface area contributed by atoms with E-state index in [-0.39, 0.29) is 15.6 Å². The van der Waals surface area contributed by atoms with Gasteiger partial charge in [-0.2, -0.15) is 0 Å². The first kappa shape index (κ1) is 22.3. The molecule has 0 fully saturated rings. The molecule has 29 heavy (non-hydrogen) atoms. The quantitative estimate of drug-likeness (QED) is 0.500. The van der Waals surface area contributed by atoms with Gasteiger partial charge in [-0.05, 0) is 44.2 Å². The molecule has 0 aromatic heterocycles. The fourth-order valence-electron chi connectivity index (χ4n) is 2.18. The highest BCUT2D eigenvalue weighted by atomic mass is 35.5. The highest BCUT2D eigenvalue weighted by Crippen LogP contribution is 2.30. The highest BCUT2D eigenvalue weighted by Gasteiger charge is 2.21. The van der Waals surface area contributed by atoms with Gasteiger partial charge in [0.15, 0.2) is 6.10 Å². The highest BCUT2D eigenvalue weighted by molar-refractivity contribution is 6.37. The van der Waals surface area contributed by atoms with Crippen molar-refractivity contribution in [2.45, 2.75) is 20.0 Å². The third kappa shape index (κ3) is 5.97. The molecule has 0 aliphatic carbocycles. The molecule has 1 atom stereocenters. The van der Waals surface area contributed by atoms with Gasteiger partial charge in [0.2, 0.25) is 0 Å². The fraction of sp³-hybridized carbons (Fsp3) is 0.222. The van der Waals surface area contributed by atoms with E-state index in [0.29, 0.717) is 18.1 Å². The number of carbonyl (C=O) groups excluding carboxylic acids is 2. The first-order valence-electron chi connectivity index (χ1n) is 8.36. The predicted octanol–water partition coefficient (Wildman–Crippen LogP) is 3.53. The first-order valence-corrected chi connectivity index (χ1v) is 9.11. The number of ether oxygens (including phenoxy) is 2. The van der Waals surface area contributed by atoms with Crippen LogP contribution in [0.5, 0.6) is 11.5 Å². The number of nitrogens with one attached hydrogen (secondary N) is 2. The lowest BCUT2D eigenvalue weighted by Gasteiger charge is -2.15. The molecule has 154 valence electrons. The molecule has 0 spiro atoms. The zero-order valence-corrected chi connectivity index (χ0v) is 16.9. The van der Waals surface area contributed by atoms with E-state index in [4.69, 9.17) is 32.7 Å². The van der Waals surface area contributed by atoms with Gasteiger partial charge in [0.25, 0.3) is 17.5 Å². The Hall–Kier alpha value is -3.04. The van der Waals surface area contributed by atoms with Gasteiger partial charge in [-0.1, -0.05) is 23.2 Å². The van der Waals surface area contributed by atoms with E-state index in [1.54, 1.807) is 24.3 Å². The third-order valence-corrected chi connectivity index (χ3v) is 4.21. The molecule has 2 N–H and O–H groups in total. The first-order chi connectivity index (χ1) is 13.7. The standard InChI is InChI=1S/C18H17Cl2N3O6/c1-3-28-11-4-6-12(7-5-11)29-10(2)17(24)21-22-18(25)13-8-16(23(26)27)15(20)9-14(13)19/h4-10H,3H2,1-2H3,(H,21,24)(H,22,25). The second kappa shape index (κ2) is 9.94. The van der Waals surface area contributed by atoms with Crippen LogP contribution in [0.3, 0.4) is 0 Å². The Kier molecular flexibility index (Phi) is 7.63. The summed E-state index contributed by atoms with van der Waals surface area (Å²) in [7, 11) is 0. The number of hydrogen-bond acceptors (Lipinski definition) is 6. The van der Waals surface area contributed by atoms with Crippen molar-refractivity contribution in [2.24, 2.45) is 0 Å². The molecule has 2 aromatic rings. The van der Waals surface area contributed by atoms with Gasteiger partial charge in [0, 0.05) is 6.07 Å². The van der Waals surface area contributed by atoms with E-state index in [1.165, 1.54) is 6.92 Å². The summed E-state index contributed by atoms with van der Waals surface area (Å²) in [6, 6.07) is 8.67. The van der Waals surface area contributed by atoms with Gasteiger partial charge in [-0.25, -0.2) is 0 Å². The monoisotopic (exact) mass is 441 g/mol. The Morgan fingerprint density at radius 2 is 1.72 bits per heavy atom. The topological polar surface area (TPSA) is 120 Å². The van der Waals surface area contributed by atoms with Crippen LogP contribution in [0.2, 0.25) is 10.0 Å². The number of nitro groups is 1. The molecule has 1 unspecified atom stereocenters. The molecule has 0 aliphatic heterocycles. The van der Waals surface area contributed by atoms with Crippen LogP contribution in [0.15, 0.2) is 36.4 Å². The molecular weight excluding hydrogens is 425 g/mol. The van der Waals surface area contributed by atoms with Crippen LogP contribution < -0.4 is 20.3 Å². The van der Waals surface area contributed by atoms with Crippen molar-refractivity contribution >= 4 is 40.7 Å². The van der Waals surface area contributed by atoms with E-state index in [1.807, 2.05) is 6.92 Å². The van der Waals surface area contributed by atoms with Crippen LogP contribution in [0.1, 0.15) is 24.2 Å². The Balaban J connectivity index is 1.96. The Bertz CT molecular complexity index is 921. The van der Waals surface area contributed by atoms with Crippen LogP contribution in [0, 0.1) is 10.1 Å². The molecule has 0 saturated heterocycles. The number of benzene rings is 2. The second-order valence-electron chi connectivity index (χ2n) is 5.65. The summed E-state index contributed by atoms with van der Waals surface area (Å²) in [4.78, 5) is 34.5. The van der Waals surface area contributed by atoms with E-state index >= 15 is 0 Å². The minimum Gasteiger partial charge on any atom is -0.494 e. The average Bonchev–Trinajstić information content (AvgIpc) is 2.67. The van der Waals surface area contributed by atoms with Crippen molar-refractivity contribution in [1.82, 2.24) is 10.9 Å². The molecule has 2 rings (SSSR count). The van der Waals surface area contributed by atoms with E-state index < -0.39 is 28.5 Å². The number of amides is 2. The molecule has 0 saturated carbocycles. The maximum atomic E-state index is 12.2. The summed E-state index contributed by atoms with van der Waals surface area (Å²) in [5.41, 5.74) is 3.60. The third-order valence-electron chi connectivity index (χ3n) is 3.59. The maximum absolute atomic E-state index is 12.2. The summed E-state index contributed by atoms with van der Waals surface area (Å²) in [6.45, 7) is 3.87. The van der Waals surface area contributed by atoms with Gasteiger partial charge in [-0.15, -0.1) is 0 Å². The summed E-state index contributed by atoms with van der Waals surface area (Å²) < 4.78 is 10.8. The van der Waals surface area contributed by atoms with E-state index in [9.17, 15) is 19.7 Å². The van der Waals surface area contributed by atoms with Crippen molar-refractivity contribution in [1.29, 1.82) is 0 Å². The molecule has 0 aliphatic rings. The van der Waals surface area contributed by atoms with Crippen molar-refractivity contribution < 1.29 is 24.0 Å². The lowest BCUT2D eigenvalue weighted by Crippen LogP contribution is -2.47. The van der Waals surface area contributed by atoms with Crippen molar-refractivity contribution in [3.05, 3.63) is 62.1 Å². The van der Waals surface area contributed by atoms with E-state index in [2.05, 4.69) is 10.9 Å². The number of nitro benzene ring substituents is 1. The minimum atomic E-state index is -0.941. The lowest BCUT2D eigenvalue weighted by atomic mass is 10.2. The maximum Gasteiger partial charge on any atom is 0.288 e. The molecule has 0 bridgehead atoms. The van der Waals surface area contributed by atoms with E-state index in [0.717, 1.165) is 12.1 Å². The molecule has 2 amide bonds. The molecule has 2 aromatic carbocycles. The summed E-state index contributed by atoms with van der Waals surface area (Å²) in [5.74, 6) is -0.403. The van der Waals surface area contributed by atoms with Gasteiger partial charge in [0.05, 0.1) is 22.1 Å². The van der Waals surface area contributed by atoms with Gasteiger partial charge >= 0.3 is 0 Å². The van der Waals surface area contributed by atoms with Crippen LogP contribution >= 0.6 is 23.2 Å². The van der Waals surface area contributed by atoms with Crippen LogP contribution in [0.4, 0.5) is 5.69 Å². The SMILES string of the molecule is CCOc1ccc(OC(C)C(=O)NNC(=O)c2cc([N+](=O)[O-])c(Cl)cc2Cl)cc1. The summed E-state index contributed by atoms with van der Waals surface area (Å²) in [5, 5.41) is 10.6. The summed E-state index contributed by atoms with van der Waals surface area (Å²) in [6.07, 6.45) is -0.941. The lowest BCUT2D eigenvalue weighted by molar-refractivity contribution is -0.384. The van der Waals surface area contributed by atoms with Crippen molar-refractivity contribution in [3.8, 4) is 11.5 Å². The largest absolute Gasteiger partial charge is 0.494 e. The minimum absolute atomic E-state index is 0.106. The zero-order valence-electron chi connectivity index (χ0n) is 15.4. The average molecular weight is 442 g/mol. The normalized spacial score (nSPS) is 11.3. The fourth-order valence-corrected chi connectivity index (χ4v) is 2.72. The van der Waals surface area contributed by atoms with Crippen LogP contribution in [0.25, 0.3) is 0 Å². The molecule has 11 heteroatoms. The Morgan fingerprint density at radius 3 is 2.31 bits per heavy atom. The van der Waals surface area contributed by atoms with Crippen LogP contribution in [-0.2, 0) is 4.79 Å².